The molecule has 0 aliphatic rings. The second kappa shape index (κ2) is 6.76. The normalized spacial score (nSPS) is 10.8. The zero-order chi connectivity index (χ0) is 14.7. The van der Waals surface area contributed by atoms with Gasteiger partial charge in [0.15, 0.2) is 5.16 Å². The Morgan fingerprint density at radius 2 is 2.10 bits per heavy atom. The van der Waals surface area contributed by atoms with E-state index < -0.39 is 12.2 Å². The SMILES string of the molecule is O=c1cc(CF)nc(SCc2c(Cl)cnc(Cl)c2Cl)[nH]1. The Morgan fingerprint density at radius 3 is 2.80 bits per heavy atom. The van der Waals surface area contributed by atoms with Gasteiger partial charge in [-0.05, 0) is 0 Å². The molecule has 106 valence electrons. The fourth-order valence-corrected chi connectivity index (χ4v) is 3.10. The molecule has 20 heavy (non-hydrogen) atoms. The molecule has 0 atom stereocenters. The highest BCUT2D eigenvalue weighted by Crippen LogP contribution is 2.33. The summed E-state index contributed by atoms with van der Waals surface area (Å²) in [5.41, 5.74) is 0.230. The Hall–Kier alpha value is -0.820. The van der Waals surface area contributed by atoms with Crippen LogP contribution in [0.3, 0.4) is 0 Å². The van der Waals surface area contributed by atoms with Crippen molar-refractivity contribution >= 4 is 46.6 Å². The summed E-state index contributed by atoms with van der Waals surface area (Å²) < 4.78 is 12.5. The maximum Gasteiger partial charge on any atom is 0.251 e. The Labute approximate surface area is 132 Å². The summed E-state index contributed by atoms with van der Waals surface area (Å²) in [6, 6.07) is 1.10. The topological polar surface area (TPSA) is 58.6 Å². The number of halogens is 4. The van der Waals surface area contributed by atoms with E-state index in [0.717, 1.165) is 6.07 Å². The average molecular weight is 355 g/mol. The predicted molar refractivity (Wildman–Crippen MR) is 78.5 cm³/mol. The Kier molecular flexibility index (Phi) is 5.26. The van der Waals surface area contributed by atoms with Crippen LogP contribution in [0.4, 0.5) is 4.39 Å². The zero-order valence-electron chi connectivity index (χ0n) is 9.79. The molecule has 0 unspecified atom stereocenters. The molecule has 0 saturated heterocycles. The lowest BCUT2D eigenvalue weighted by Crippen LogP contribution is -2.09. The van der Waals surface area contributed by atoms with Crippen molar-refractivity contribution in [3.63, 3.8) is 0 Å². The fourth-order valence-electron chi connectivity index (χ4n) is 1.37. The van der Waals surface area contributed by atoms with Gasteiger partial charge in [-0.1, -0.05) is 46.6 Å². The summed E-state index contributed by atoms with van der Waals surface area (Å²) in [6.45, 7) is -0.805. The fraction of sp³-hybridized carbons (Fsp3) is 0.182. The zero-order valence-corrected chi connectivity index (χ0v) is 12.9. The molecule has 0 aliphatic heterocycles. The monoisotopic (exact) mass is 353 g/mol. The van der Waals surface area contributed by atoms with Gasteiger partial charge in [0.25, 0.3) is 5.56 Å². The summed E-state index contributed by atoms with van der Waals surface area (Å²) in [4.78, 5) is 21.6. The number of hydrogen-bond acceptors (Lipinski definition) is 4. The minimum Gasteiger partial charge on any atom is -0.301 e. The lowest BCUT2D eigenvalue weighted by Gasteiger charge is -2.07. The van der Waals surface area contributed by atoms with Crippen molar-refractivity contribution in [1.29, 1.82) is 0 Å². The van der Waals surface area contributed by atoms with E-state index in [4.69, 9.17) is 34.8 Å². The van der Waals surface area contributed by atoms with Crippen LogP contribution in [0.15, 0.2) is 22.2 Å². The molecular weight excluding hydrogens is 348 g/mol. The van der Waals surface area contributed by atoms with Crippen molar-refractivity contribution in [2.24, 2.45) is 0 Å². The smallest absolute Gasteiger partial charge is 0.251 e. The lowest BCUT2D eigenvalue weighted by molar-refractivity contribution is 0.471. The van der Waals surface area contributed by atoms with E-state index in [-0.39, 0.29) is 21.0 Å². The summed E-state index contributed by atoms with van der Waals surface area (Å²) in [7, 11) is 0. The average Bonchev–Trinajstić information content (AvgIpc) is 2.42. The number of alkyl halides is 1. The molecule has 2 aromatic rings. The number of rotatable bonds is 4. The molecule has 2 aromatic heterocycles. The van der Waals surface area contributed by atoms with Gasteiger partial charge < -0.3 is 4.98 Å². The molecule has 4 nitrogen and oxygen atoms in total. The molecule has 2 heterocycles. The number of aromatic nitrogens is 3. The number of nitrogens with zero attached hydrogens (tertiary/aromatic N) is 2. The summed E-state index contributed by atoms with van der Waals surface area (Å²) >= 11 is 19.0. The first-order valence-corrected chi connectivity index (χ1v) is 7.40. The lowest BCUT2D eigenvalue weighted by atomic mass is 10.3. The summed E-state index contributed by atoms with van der Waals surface area (Å²) in [6.07, 6.45) is 1.39. The first kappa shape index (κ1) is 15.6. The quantitative estimate of drug-likeness (QED) is 0.514. The number of aromatic amines is 1. The van der Waals surface area contributed by atoms with Crippen LogP contribution in [0.2, 0.25) is 15.2 Å². The molecule has 0 aromatic carbocycles. The molecule has 0 spiro atoms. The van der Waals surface area contributed by atoms with Crippen LogP contribution < -0.4 is 5.56 Å². The van der Waals surface area contributed by atoms with Crippen molar-refractivity contribution < 1.29 is 4.39 Å². The molecule has 0 bridgehead atoms. The molecule has 2 rings (SSSR count). The van der Waals surface area contributed by atoms with Gasteiger partial charge in [0.2, 0.25) is 0 Å². The molecule has 1 N–H and O–H groups in total. The van der Waals surface area contributed by atoms with Gasteiger partial charge in [0.05, 0.1) is 15.7 Å². The number of H-pyrrole nitrogens is 1. The molecule has 9 heteroatoms. The third kappa shape index (κ3) is 3.63. The predicted octanol–water partition coefficient (Wildman–Crippen LogP) is 3.89. The Morgan fingerprint density at radius 1 is 1.35 bits per heavy atom. The van der Waals surface area contributed by atoms with Crippen molar-refractivity contribution in [2.45, 2.75) is 17.6 Å². The largest absolute Gasteiger partial charge is 0.301 e. The van der Waals surface area contributed by atoms with Crippen molar-refractivity contribution in [1.82, 2.24) is 15.0 Å². The highest BCUT2D eigenvalue weighted by Gasteiger charge is 2.12. The van der Waals surface area contributed by atoms with Crippen molar-refractivity contribution in [2.75, 3.05) is 0 Å². The van der Waals surface area contributed by atoms with Gasteiger partial charge in [-0.15, -0.1) is 0 Å². The maximum absolute atomic E-state index is 12.5. The van der Waals surface area contributed by atoms with Crippen molar-refractivity contribution in [3.05, 3.63) is 49.1 Å². The van der Waals surface area contributed by atoms with Gasteiger partial charge in [0.1, 0.15) is 11.8 Å². The highest BCUT2D eigenvalue weighted by atomic mass is 35.5. The van der Waals surface area contributed by atoms with Crippen LogP contribution in [-0.4, -0.2) is 15.0 Å². The van der Waals surface area contributed by atoms with E-state index in [1.165, 1.54) is 18.0 Å². The van der Waals surface area contributed by atoms with Crippen LogP contribution >= 0.6 is 46.6 Å². The molecule has 0 aliphatic carbocycles. The maximum atomic E-state index is 12.5. The second-order valence-electron chi connectivity index (χ2n) is 3.65. The third-order valence-corrected chi connectivity index (χ3v) is 4.30. The van der Waals surface area contributed by atoms with E-state index >= 15 is 0 Å². The third-order valence-electron chi connectivity index (χ3n) is 2.29. The van der Waals surface area contributed by atoms with E-state index in [9.17, 15) is 9.18 Å². The van der Waals surface area contributed by atoms with Crippen LogP contribution in [-0.2, 0) is 12.4 Å². The summed E-state index contributed by atoms with van der Waals surface area (Å²) in [5.74, 6) is 0.318. The number of nitrogens with one attached hydrogen (secondary N) is 1. The number of hydrogen-bond donors (Lipinski definition) is 1. The van der Waals surface area contributed by atoms with E-state index in [0.29, 0.717) is 16.3 Å². The van der Waals surface area contributed by atoms with Gasteiger partial charge in [-0.25, -0.2) is 14.4 Å². The van der Waals surface area contributed by atoms with E-state index in [1.807, 2.05) is 0 Å². The Bertz CT molecular complexity index is 695. The van der Waals surface area contributed by atoms with E-state index in [2.05, 4.69) is 15.0 Å². The van der Waals surface area contributed by atoms with E-state index in [1.54, 1.807) is 0 Å². The van der Waals surface area contributed by atoms with Crippen LogP contribution in [0, 0.1) is 0 Å². The number of pyridine rings is 1. The minimum atomic E-state index is -0.805. The first-order chi connectivity index (χ1) is 9.51. The van der Waals surface area contributed by atoms with Gasteiger partial charge >= 0.3 is 0 Å². The van der Waals surface area contributed by atoms with Gasteiger partial charge in [-0.3, -0.25) is 4.79 Å². The van der Waals surface area contributed by atoms with Crippen LogP contribution in [0.25, 0.3) is 0 Å². The Balaban J connectivity index is 2.23. The van der Waals surface area contributed by atoms with Crippen LogP contribution in [0.1, 0.15) is 11.3 Å². The van der Waals surface area contributed by atoms with Gasteiger partial charge in [0, 0.05) is 23.6 Å². The molecule has 0 radical (unpaired) electrons. The molecule has 0 saturated carbocycles. The standard InChI is InChI=1S/C11H7Cl3FN3OS/c12-7-3-16-10(14)9(13)6(7)4-20-11-17-5(2-15)1-8(19)18-11/h1,3H,2,4H2,(H,17,18,19). The first-order valence-electron chi connectivity index (χ1n) is 5.28. The molecule has 0 fully saturated rings. The minimum absolute atomic E-state index is 0.0706. The van der Waals surface area contributed by atoms with Crippen molar-refractivity contribution in [3.8, 4) is 0 Å². The van der Waals surface area contributed by atoms with Gasteiger partial charge in [-0.2, -0.15) is 0 Å². The molecular formula is C11H7Cl3FN3OS. The number of thioether (sulfide) groups is 1. The summed E-state index contributed by atoms with van der Waals surface area (Å²) in [5, 5.41) is 1.03. The highest BCUT2D eigenvalue weighted by molar-refractivity contribution is 7.98. The second-order valence-corrected chi connectivity index (χ2v) is 5.76. The molecule has 0 amide bonds. The van der Waals surface area contributed by atoms with Crippen LogP contribution in [0.5, 0.6) is 0 Å².